The first-order valence-electron chi connectivity index (χ1n) is 10.1. The minimum Gasteiger partial charge on any atom is -0.298 e. The van der Waals surface area contributed by atoms with Crippen LogP contribution in [-0.4, -0.2) is 33.4 Å². The molecule has 5 heteroatoms. The van der Waals surface area contributed by atoms with Crippen molar-refractivity contribution in [1.29, 1.82) is 0 Å². The van der Waals surface area contributed by atoms with Gasteiger partial charge in [-0.1, -0.05) is 82.5 Å². The summed E-state index contributed by atoms with van der Waals surface area (Å²) in [5, 5.41) is 0. The predicted octanol–water partition coefficient (Wildman–Crippen LogP) is 3.96. The maximum Gasteiger partial charge on any atom is 0.249 e. The van der Waals surface area contributed by atoms with Crippen LogP contribution in [-0.2, 0) is 14.4 Å². The molecule has 1 aliphatic heterocycles. The number of hydrogen-bond donors (Lipinski definition) is 0. The zero-order chi connectivity index (χ0) is 22.2. The van der Waals surface area contributed by atoms with Crippen LogP contribution in [0.25, 0.3) is 11.1 Å². The van der Waals surface area contributed by atoms with Crippen molar-refractivity contribution in [3.63, 3.8) is 0 Å². The second kappa shape index (κ2) is 6.27. The standard InChI is InChI=1S/C26H20BrNO3/c1-4-15-28-21(29)20-24(2)18(16-11-7-5-8-12-16)19(17-13-9-6-10-14-17)25(3,22(24)30)26(20,27)23(28)31/h1,5-14,20H,15H2,2-3H3. The molecule has 1 heterocycles. The van der Waals surface area contributed by atoms with E-state index < -0.39 is 27.0 Å². The van der Waals surface area contributed by atoms with Gasteiger partial charge in [-0.15, -0.1) is 6.42 Å². The average molecular weight is 474 g/mol. The van der Waals surface area contributed by atoms with E-state index in [0.717, 1.165) is 27.2 Å². The van der Waals surface area contributed by atoms with Crippen LogP contribution in [0.4, 0.5) is 0 Å². The molecule has 3 aliphatic rings. The summed E-state index contributed by atoms with van der Waals surface area (Å²) in [6.45, 7) is 3.50. The Kier molecular flexibility index (Phi) is 4.04. The summed E-state index contributed by atoms with van der Waals surface area (Å²) < 4.78 is -1.37. The molecule has 0 aromatic heterocycles. The van der Waals surface area contributed by atoms with Crippen molar-refractivity contribution >= 4 is 44.7 Å². The number of rotatable bonds is 3. The zero-order valence-corrected chi connectivity index (χ0v) is 18.8. The van der Waals surface area contributed by atoms with Crippen LogP contribution in [0, 0.1) is 29.1 Å². The minimum atomic E-state index is -1.37. The van der Waals surface area contributed by atoms with E-state index in [-0.39, 0.29) is 18.2 Å². The van der Waals surface area contributed by atoms with E-state index in [0.29, 0.717) is 0 Å². The molecular formula is C26H20BrNO3. The van der Waals surface area contributed by atoms with Crippen molar-refractivity contribution in [2.75, 3.05) is 6.54 Å². The quantitative estimate of drug-likeness (QED) is 0.385. The van der Waals surface area contributed by atoms with Gasteiger partial charge in [0.2, 0.25) is 11.8 Å². The molecule has 2 amide bonds. The van der Waals surface area contributed by atoms with E-state index in [1.54, 1.807) is 6.92 Å². The number of benzene rings is 2. The highest BCUT2D eigenvalue weighted by Crippen LogP contribution is 2.77. The van der Waals surface area contributed by atoms with Crippen LogP contribution in [0.15, 0.2) is 60.7 Å². The highest BCUT2D eigenvalue weighted by atomic mass is 79.9. The summed E-state index contributed by atoms with van der Waals surface area (Å²) in [4.78, 5) is 42.3. The zero-order valence-electron chi connectivity index (χ0n) is 17.2. The van der Waals surface area contributed by atoms with Crippen molar-refractivity contribution in [3.8, 4) is 12.3 Å². The van der Waals surface area contributed by atoms with Crippen LogP contribution in [0.5, 0.6) is 0 Å². The van der Waals surface area contributed by atoms with Gasteiger partial charge in [0.05, 0.1) is 23.3 Å². The van der Waals surface area contributed by atoms with E-state index in [4.69, 9.17) is 6.42 Å². The van der Waals surface area contributed by atoms with Crippen molar-refractivity contribution in [1.82, 2.24) is 4.90 Å². The lowest BCUT2D eigenvalue weighted by molar-refractivity contribution is -0.143. The van der Waals surface area contributed by atoms with Gasteiger partial charge in [0.25, 0.3) is 0 Å². The number of fused-ring (bicyclic) bond motifs is 5. The van der Waals surface area contributed by atoms with Gasteiger partial charge in [-0.2, -0.15) is 0 Å². The molecule has 4 nitrogen and oxygen atoms in total. The molecule has 31 heavy (non-hydrogen) atoms. The number of allylic oxidation sites excluding steroid dienone is 2. The van der Waals surface area contributed by atoms with Crippen LogP contribution in [0.2, 0.25) is 0 Å². The Hall–Kier alpha value is -2.97. The molecule has 1 saturated heterocycles. The van der Waals surface area contributed by atoms with E-state index in [9.17, 15) is 14.4 Å². The maximum atomic E-state index is 14.1. The van der Waals surface area contributed by atoms with Gasteiger partial charge in [-0.25, -0.2) is 0 Å². The van der Waals surface area contributed by atoms with Gasteiger partial charge >= 0.3 is 0 Å². The van der Waals surface area contributed by atoms with Crippen molar-refractivity contribution in [3.05, 3.63) is 71.8 Å². The first-order valence-corrected chi connectivity index (χ1v) is 10.9. The fraction of sp³-hybridized carbons (Fsp3) is 0.269. The molecule has 2 fully saturated rings. The Morgan fingerprint density at radius 2 is 1.45 bits per heavy atom. The highest BCUT2D eigenvalue weighted by molar-refractivity contribution is 9.10. The van der Waals surface area contributed by atoms with Crippen molar-refractivity contribution in [2.45, 2.75) is 18.2 Å². The molecule has 0 radical (unpaired) electrons. The molecular weight excluding hydrogens is 454 g/mol. The van der Waals surface area contributed by atoms with Gasteiger partial charge in [-0.3, -0.25) is 19.3 Å². The number of nitrogens with zero attached hydrogens (tertiary/aromatic N) is 1. The molecule has 0 N–H and O–H groups in total. The number of carbonyl (C=O) groups excluding carboxylic acids is 3. The number of alkyl halides is 1. The number of terminal acetylenes is 1. The number of likely N-dealkylation sites (tertiary alicyclic amines) is 1. The Balaban J connectivity index is 1.90. The molecule has 0 spiro atoms. The lowest BCUT2D eigenvalue weighted by Crippen LogP contribution is -2.50. The van der Waals surface area contributed by atoms with Crippen LogP contribution in [0.3, 0.4) is 0 Å². The Morgan fingerprint density at radius 1 is 0.935 bits per heavy atom. The predicted molar refractivity (Wildman–Crippen MR) is 122 cm³/mol. The summed E-state index contributed by atoms with van der Waals surface area (Å²) in [7, 11) is 0. The minimum absolute atomic E-state index is 0.108. The Bertz CT molecular complexity index is 1230. The largest absolute Gasteiger partial charge is 0.298 e. The number of halogens is 1. The third kappa shape index (κ3) is 2.04. The van der Waals surface area contributed by atoms with Crippen LogP contribution < -0.4 is 0 Å². The number of Topliss-reactive ketones (excluding diaryl/α,β-unsaturated/α-hetero) is 1. The molecule has 2 aromatic rings. The lowest BCUT2D eigenvalue weighted by Gasteiger charge is -2.41. The normalized spacial score (nSPS) is 33.8. The number of ketones is 1. The number of hydrogen-bond acceptors (Lipinski definition) is 3. The third-order valence-corrected chi connectivity index (χ3v) is 8.93. The summed E-state index contributed by atoms with van der Waals surface area (Å²) in [5.74, 6) is 0.625. The molecule has 4 atom stereocenters. The summed E-state index contributed by atoms with van der Waals surface area (Å²) in [5.41, 5.74) is 0.967. The number of amides is 2. The summed E-state index contributed by atoms with van der Waals surface area (Å²) >= 11 is 3.68. The number of imide groups is 1. The second-order valence-electron chi connectivity index (χ2n) is 8.72. The van der Waals surface area contributed by atoms with E-state index in [1.807, 2.05) is 67.6 Å². The SMILES string of the molecule is C#CCN1C(=O)C2C3(C)C(=O)C(C)(C(c4ccccc4)=C3c3ccccc3)C2(Br)C1=O. The number of carbonyl (C=O) groups is 3. The molecule has 2 aliphatic carbocycles. The lowest BCUT2D eigenvalue weighted by atomic mass is 9.63. The van der Waals surface area contributed by atoms with Crippen molar-refractivity contribution < 1.29 is 14.4 Å². The van der Waals surface area contributed by atoms with E-state index in [1.165, 1.54) is 0 Å². The van der Waals surface area contributed by atoms with Gasteiger partial charge in [0.1, 0.15) is 4.32 Å². The fourth-order valence-electron chi connectivity index (χ4n) is 6.10. The van der Waals surface area contributed by atoms with Gasteiger partial charge in [0.15, 0.2) is 5.78 Å². The molecule has 4 unspecified atom stereocenters. The molecule has 2 bridgehead atoms. The average Bonchev–Trinajstić information content (AvgIpc) is 3.16. The smallest absolute Gasteiger partial charge is 0.249 e. The molecule has 1 saturated carbocycles. The van der Waals surface area contributed by atoms with Gasteiger partial charge in [-0.05, 0) is 36.1 Å². The second-order valence-corrected chi connectivity index (χ2v) is 9.97. The topological polar surface area (TPSA) is 54.5 Å². The van der Waals surface area contributed by atoms with E-state index >= 15 is 0 Å². The Morgan fingerprint density at radius 3 is 1.97 bits per heavy atom. The van der Waals surface area contributed by atoms with Gasteiger partial charge < -0.3 is 0 Å². The van der Waals surface area contributed by atoms with E-state index in [2.05, 4.69) is 21.9 Å². The fourth-order valence-corrected chi connectivity index (χ4v) is 7.35. The van der Waals surface area contributed by atoms with Crippen LogP contribution in [0.1, 0.15) is 25.0 Å². The van der Waals surface area contributed by atoms with Crippen LogP contribution >= 0.6 is 15.9 Å². The maximum absolute atomic E-state index is 14.1. The molecule has 2 aromatic carbocycles. The molecule has 5 rings (SSSR count). The van der Waals surface area contributed by atoms with Crippen molar-refractivity contribution in [2.24, 2.45) is 16.7 Å². The summed E-state index contributed by atoms with van der Waals surface area (Å²) in [6, 6.07) is 19.3. The monoisotopic (exact) mass is 473 g/mol. The van der Waals surface area contributed by atoms with Gasteiger partial charge in [0, 0.05) is 0 Å². The highest BCUT2D eigenvalue weighted by Gasteiger charge is 2.85. The first kappa shape index (κ1) is 20.0. The third-order valence-electron chi connectivity index (χ3n) is 7.34. The molecule has 154 valence electrons. The first-order chi connectivity index (χ1) is 14.8. The summed E-state index contributed by atoms with van der Waals surface area (Å²) in [6.07, 6.45) is 5.45. The Labute approximate surface area is 189 Å².